The van der Waals surface area contributed by atoms with Crippen LogP contribution in [-0.2, 0) is 23.9 Å². The Hall–Kier alpha value is -1.23. The first-order valence-corrected chi connectivity index (χ1v) is 5.76. The minimum Gasteiger partial charge on any atom is -0.460 e. The Kier molecular flexibility index (Phi) is 4.40. The lowest BCUT2D eigenvalue weighted by Crippen LogP contribution is -2.49. The molecule has 0 amide bonds. The molecule has 5 nitrogen and oxygen atoms in total. The summed E-state index contributed by atoms with van der Waals surface area (Å²) in [6, 6.07) is 0. The van der Waals surface area contributed by atoms with Gasteiger partial charge in [-0.05, 0) is 27.2 Å². The second-order valence-corrected chi connectivity index (χ2v) is 4.59. The number of carbonyl (C=O) groups excluding carboxylic acids is 3. The van der Waals surface area contributed by atoms with E-state index in [1.807, 2.05) is 0 Å². The van der Waals surface area contributed by atoms with Gasteiger partial charge in [-0.15, -0.1) is 0 Å². The van der Waals surface area contributed by atoms with Gasteiger partial charge in [-0.25, -0.2) is 4.79 Å². The van der Waals surface area contributed by atoms with Gasteiger partial charge >= 0.3 is 5.97 Å². The third kappa shape index (κ3) is 3.36. The van der Waals surface area contributed by atoms with Crippen LogP contribution in [0.15, 0.2) is 0 Å². The van der Waals surface area contributed by atoms with Gasteiger partial charge in [0.15, 0.2) is 11.6 Å². The lowest BCUT2D eigenvalue weighted by Gasteiger charge is -2.28. The zero-order valence-corrected chi connectivity index (χ0v) is 10.4. The minimum atomic E-state index is -1.64. The van der Waals surface area contributed by atoms with E-state index in [0.717, 1.165) is 0 Å². The van der Waals surface area contributed by atoms with Crippen LogP contribution in [-0.4, -0.2) is 35.8 Å². The topological polar surface area (TPSA) is 69.7 Å². The first-order valence-electron chi connectivity index (χ1n) is 5.76. The maximum Gasteiger partial charge on any atom is 0.346 e. The number of hydrogen-bond donors (Lipinski definition) is 0. The molecule has 0 N–H and O–H groups in total. The molecule has 96 valence electrons. The quantitative estimate of drug-likeness (QED) is 0.534. The Morgan fingerprint density at radius 1 is 1.35 bits per heavy atom. The van der Waals surface area contributed by atoms with Gasteiger partial charge in [0.05, 0.1) is 6.10 Å². The van der Waals surface area contributed by atoms with Crippen LogP contribution in [0.2, 0.25) is 0 Å². The second-order valence-electron chi connectivity index (χ2n) is 4.59. The molecule has 0 radical (unpaired) electrons. The highest BCUT2D eigenvalue weighted by Gasteiger charge is 2.44. The Balaban J connectivity index is 2.83. The van der Waals surface area contributed by atoms with Crippen LogP contribution in [0.5, 0.6) is 0 Å². The van der Waals surface area contributed by atoms with Crippen molar-refractivity contribution in [2.24, 2.45) is 0 Å². The van der Waals surface area contributed by atoms with Gasteiger partial charge in [-0.3, -0.25) is 9.59 Å². The molecular weight excluding hydrogens is 224 g/mol. The number of ether oxygens (including phenoxy) is 2. The van der Waals surface area contributed by atoms with Crippen LogP contribution in [0.3, 0.4) is 0 Å². The number of hydrogen-bond acceptors (Lipinski definition) is 5. The summed E-state index contributed by atoms with van der Waals surface area (Å²) in [4.78, 5) is 35.0. The predicted octanol–water partition coefficient (Wildman–Crippen LogP) is 1.04. The molecule has 1 saturated heterocycles. The fourth-order valence-electron chi connectivity index (χ4n) is 1.56. The largest absolute Gasteiger partial charge is 0.460 e. The Morgan fingerprint density at radius 3 is 2.59 bits per heavy atom. The number of ketones is 2. The van der Waals surface area contributed by atoms with Gasteiger partial charge < -0.3 is 9.47 Å². The molecule has 0 aliphatic carbocycles. The van der Waals surface area contributed by atoms with Crippen LogP contribution in [0, 0.1) is 0 Å². The molecule has 1 aliphatic rings. The highest BCUT2D eigenvalue weighted by Crippen LogP contribution is 2.21. The van der Waals surface area contributed by atoms with E-state index in [2.05, 4.69) is 0 Å². The molecule has 0 aromatic carbocycles. The molecule has 5 heteroatoms. The van der Waals surface area contributed by atoms with Crippen molar-refractivity contribution in [1.29, 1.82) is 0 Å². The number of carbonyl (C=O) groups is 3. The van der Waals surface area contributed by atoms with Crippen molar-refractivity contribution in [3.8, 4) is 0 Å². The van der Waals surface area contributed by atoms with E-state index in [-0.39, 0.29) is 30.7 Å². The molecule has 1 aliphatic heterocycles. The summed E-state index contributed by atoms with van der Waals surface area (Å²) in [5, 5.41) is 0. The molecule has 0 aromatic heterocycles. The molecule has 0 aromatic rings. The van der Waals surface area contributed by atoms with Crippen molar-refractivity contribution in [3.63, 3.8) is 0 Å². The van der Waals surface area contributed by atoms with Crippen molar-refractivity contribution in [3.05, 3.63) is 0 Å². The van der Waals surface area contributed by atoms with Gasteiger partial charge in [0.2, 0.25) is 5.60 Å². The molecular formula is C12H18O5. The van der Waals surface area contributed by atoms with Gasteiger partial charge in [-0.1, -0.05) is 0 Å². The van der Waals surface area contributed by atoms with Crippen LogP contribution in [0.4, 0.5) is 0 Å². The zero-order valence-electron chi connectivity index (χ0n) is 10.4. The van der Waals surface area contributed by atoms with Crippen LogP contribution < -0.4 is 0 Å². The summed E-state index contributed by atoms with van der Waals surface area (Å²) in [5.74, 6) is -1.14. The lowest BCUT2D eigenvalue weighted by molar-refractivity contribution is -0.180. The zero-order chi connectivity index (χ0) is 13.1. The molecule has 1 atom stereocenters. The second kappa shape index (κ2) is 5.40. The van der Waals surface area contributed by atoms with Crippen molar-refractivity contribution in [2.75, 3.05) is 6.61 Å². The molecule has 1 unspecified atom stereocenters. The highest BCUT2D eigenvalue weighted by molar-refractivity contribution is 6.07. The van der Waals surface area contributed by atoms with Gasteiger partial charge in [0, 0.05) is 12.8 Å². The van der Waals surface area contributed by atoms with Gasteiger partial charge in [0.1, 0.15) is 6.61 Å². The van der Waals surface area contributed by atoms with Crippen LogP contribution in [0.25, 0.3) is 0 Å². The Morgan fingerprint density at radius 2 is 2.00 bits per heavy atom. The van der Waals surface area contributed by atoms with Crippen LogP contribution in [0.1, 0.15) is 40.0 Å². The van der Waals surface area contributed by atoms with E-state index in [1.165, 1.54) is 6.92 Å². The predicted molar refractivity (Wildman–Crippen MR) is 59.5 cm³/mol. The van der Waals surface area contributed by atoms with Crippen LogP contribution >= 0.6 is 0 Å². The Labute approximate surface area is 100 Å². The molecule has 17 heavy (non-hydrogen) atoms. The van der Waals surface area contributed by atoms with Crippen molar-refractivity contribution < 1.29 is 23.9 Å². The first-order chi connectivity index (χ1) is 7.86. The SMILES string of the molecule is CC(C)OC(=O)C1(C)OCC(=O)CCCC1=O. The third-order valence-electron chi connectivity index (χ3n) is 2.65. The Bertz CT molecular complexity index is 334. The molecule has 0 spiro atoms. The monoisotopic (exact) mass is 242 g/mol. The summed E-state index contributed by atoms with van der Waals surface area (Å²) in [6.45, 7) is 4.55. The summed E-state index contributed by atoms with van der Waals surface area (Å²) in [7, 11) is 0. The fourth-order valence-corrected chi connectivity index (χ4v) is 1.56. The lowest BCUT2D eigenvalue weighted by atomic mass is 9.94. The summed E-state index contributed by atoms with van der Waals surface area (Å²) >= 11 is 0. The fraction of sp³-hybridized carbons (Fsp3) is 0.750. The normalized spacial score (nSPS) is 26.6. The molecule has 1 rings (SSSR count). The van der Waals surface area contributed by atoms with Crippen molar-refractivity contribution in [2.45, 2.75) is 51.7 Å². The third-order valence-corrected chi connectivity index (χ3v) is 2.65. The first kappa shape index (κ1) is 13.8. The summed E-state index contributed by atoms with van der Waals surface area (Å²) in [5.41, 5.74) is -1.64. The van der Waals surface area contributed by atoms with Gasteiger partial charge in [0.25, 0.3) is 0 Å². The standard InChI is InChI=1S/C12H18O5/c1-8(2)17-11(15)12(3)10(14)6-4-5-9(13)7-16-12/h8H,4-7H2,1-3H3. The van der Waals surface area contributed by atoms with E-state index in [0.29, 0.717) is 12.8 Å². The van der Waals surface area contributed by atoms with E-state index in [9.17, 15) is 14.4 Å². The highest BCUT2D eigenvalue weighted by atomic mass is 16.6. The van der Waals surface area contributed by atoms with Crippen molar-refractivity contribution >= 4 is 17.5 Å². The van der Waals surface area contributed by atoms with Crippen molar-refractivity contribution in [1.82, 2.24) is 0 Å². The molecule has 1 fully saturated rings. The molecule has 0 bridgehead atoms. The van der Waals surface area contributed by atoms with E-state index < -0.39 is 11.6 Å². The maximum atomic E-state index is 11.9. The number of rotatable bonds is 2. The minimum absolute atomic E-state index is 0.0962. The average molecular weight is 242 g/mol. The maximum absolute atomic E-state index is 11.9. The van der Waals surface area contributed by atoms with E-state index in [1.54, 1.807) is 13.8 Å². The summed E-state index contributed by atoms with van der Waals surface area (Å²) < 4.78 is 10.2. The average Bonchev–Trinajstić information content (AvgIpc) is 2.23. The van der Waals surface area contributed by atoms with E-state index >= 15 is 0 Å². The number of Topliss-reactive ketones (excluding diaryl/α,β-unsaturated/α-hetero) is 2. The molecule has 1 heterocycles. The van der Waals surface area contributed by atoms with Gasteiger partial charge in [-0.2, -0.15) is 0 Å². The smallest absolute Gasteiger partial charge is 0.346 e. The molecule has 0 saturated carbocycles. The summed E-state index contributed by atoms with van der Waals surface area (Å²) in [6.07, 6.45) is 0.624. The van der Waals surface area contributed by atoms with E-state index in [4.69, 9.17) is 9.47 Å². The number of esters is 1.